The third kappa shape index (κ3) is 11.3. The molecule has 34 heavy (non-hydrogen) atoms. The quantitative estimate of drug-likeness (QED) is 0.167. The van der Waals surface area contributed by atoms with Crippen molar-refractivity contribution in [1.82, 2.24) is 5.32 Å². The van der Waals surface area contributed by atoms with E-state index in [1.54, 1.807) is 0 Å². The minimum atomic E-state index is -2.16. The average molecular weight is 492 g/mol. The number of nitrogens with one attached hydrogen (secondary N) is 1. The van der Waals surface area contributed by atoms with E-state index in [4.69, 9.17) is 13.9 Å². The lowest BCUT2D eigenvalue weighted by atomic mass is 10.0. The summed E-state index contributed by atoms with van der Waals surface area (Å²) < 4.78 is 17.1. The van der Waals surface area contributed by atoms with Gasteiger partial charge in [-0.25, -0.2) is 4.79 Å². The second-order valence-electron chi connectivity index (χ2n) is 11.2. The zero-order chi connectivity index (χ0) is 26.0. The highest BCUT2D eigenvalue weighted by atomic mass is 28.4. The Hall–Kier alpha value is -2.12. The number of rotatable bonds is 11. The van der Waals surface area contributed by atoms with Crippen LogP contribution in [0.3, 0.4) is 0 Å². The summed E-state index contributed by atoms with van der Waals surface area (Å²) in [4.78, 5) is 24.2. The number of unbranched alkanes of at least 4 members (excludes halogenated alkanes) is 1. The zero-order valence-electron chi connectivity index (χ0n) is 22.6. The van der Waals surface area contributed by atoms with E-state index in [1.807, 2.05) is 63.3 Å². The first kappa shape index (κ1) is 29.9. The van der Waals surface area contributed by atoms with Gasteiger partial charge >= 0.3 is 12.1 Å². The van der Waals surface area contributed by atoms with Crippen molar-refractivity contribution in [3.05, 3.63) is 48.0 Å². The number of methoxy groups -OCH3 is 1. The molecule has 1 aromatic rings. The monoisotopic (exact) mass is 491 g/mol. The summed E-state index contributed by atoms with van der Waals surface area (Å²) in [7, 11) is -0.755. The van der Waals surface area contributed by atoms with Crippen molar-refractivity contribution in [3.8, 4) is 0 Å². The van der Waals surface area contributed by atoms with Crippen molar-refractivity contribution in [3.63, 3.8) is 0 Å². The Morgan fingerprint density at radius 1 is 1.06 bits per heavy atom. The van der Waals surface area contributed by atoms with E-state index in [9.17, 15) is 9.59 Å². The number of hydrogen-bond donors (Lipinski definition) is 1. The van der Waals surface area contributed by atoms with Gasteiger partial charge in [-0.3, -0.25) is 4.79 Å². The molecule has 6 nitrogen and oxygen atoms in total. The van der Waals surface area contributed by atoms with Crippen LogP contribution in [0.2, 0.25) is 18.1 Å². The SMILES string of the molecule is COC(=O)CCCC=C[C@@H](O[Si](C)(C)C(C)(C)C)[C@H](Cc1ccccc1)NC(=O)OC(C)(C)C. The summed E-state index contributed by atoms with van der Waals surface area (Å²) in [6, 6.07) is 9.74. The molecule has 1 N–H and O–H groups in total. The van der Waals surface area contributed by atoms with Crippen LogP contribution in [0.5, 0.6) is 0 Å². The molecule has 1 aromatic carbocycles. The third-order valence-corrected chi connectivity index (χ3v) is 10.4. The van der Waals surface area contributed by atoms with Gasteiger partial charge in [0.1, 0.15) is 5.60 Å². The first-order valence-electron chi connectivity index (χ1n) is 12.1. The van der Waals surface area contributed by atoms with Crippen molar-refractivity contribution in [2.45, 2.75) is 103 Å². The van der Waals surface area contributed by atoms with Crippen molar-refractivity contribution in [2.75, 3.05) is 7.11 Å². The molecule has 2 atom stereocenters. The van der Waals surface area contributed by atoms with Crippen LogP contribution < -0.4 is 5.32 Å². The van der Waals surface area contributed by atoms with E-state index in [-0.39, 0.29) is 23.2 Å². The van der Waals surface area contributed by atoms with Gasteiger partial charge in [-0.15, -0.1) is 0 Å². The average Bonchev–Trinajstić information content (AvgIpc) is 2.70. The molecule has 0 spiro atoms. The highest BCUT2D eigenvalue weighted by molar-refractivity contribution is 6.74. The number of carbonyl (C=O) groups excluding carboxylic acids is 2. The lowest BCUT2D eigenvalue weighted by molar-refractivity contribution is -0.140. The number of alkyl carbamates (subject to hydrolysis) is 1. The Bertz CT molecular complexity index is 793. The Kier molecular flexibility index (Phi) is 11.5. The molecule has 0 aliphatic carbocycles. The number of amides is 1. The van der Waals surface area contributed by atoms with Crippen LogP contribution in [0.4, 0.5) is 4.79 Å². The van der Waals surface area contributed by atoms with Crippen molar-refractivity contribution in [2.24, 2.45) is 0 Å². The topological polar surface area (TPSA) is 73.9 Å². The maximum absolute atomic E-state index is 12.8. The van der Waals surface area contributed by atoms with Crippen LogP contribution >= 0.6 is 0 Å². The van der Waals surface area contributed by atoms with E-state index in [1.165, 1.54) is 7.11 Å². The lowest BCUT2D eigenvalue weighted by Gasteiger charge is -2.41. The van der Waals surface area contributed by atoms with E-state index in [0.29, 0.717) is 19.3 Å². The number of allylic oxidation sites excluding steroid dienone is 1. The molecule has 7 heteroatoms. The van der Waals surface area contributed by atoms with Gasteiger partial charge in [-0.1, -0.05) is 63.3 Å². The number of hydrogen-bond acceptors (Lipinski definition) is 5. The summed E-state index contributed by atoms with van der Waals surface area (Å²) >= 11 is 0. The third-order valence-electron chi connectivity index (χ3n) is 5.94. The summed E-state index contributed by atoms with van der Waals surface area (Å²) in [6.45, 7) is 16.6. The maximum Gasteiger partial charge on any atom is 0.407 e. The van der Waals surface area contributed by atoms with Crippen LogP contribution in [-0.2, 0) is 25.1 Å². The second-order valence-corrected chi connectivity index (χ2v) is 15.9. The van der Waals surface area contributed by atoms with Gasteiger partial charge in [0.2, 0.25) is 0 Å². The Balaban J connectivity index is 3.20. The molecule has 0 saturated carbocycles. The van der Waals surface area contributed by atoms with Crippen molar-refractivity contribution < 1.29 is 23.5 Å². The molecule has 0 unspecified atom stereocenters. The van der Waals surface area contributed by atoms with E-state index < -0.39 is 20.0 Å². The molecule has 0 saturated heterocycles. The highest BCUT2D eigenvalue weighted by Gasteiger charge is 2.40. The maximum atomic E-state index is 12.8. The summed E-state index contributed by atoms with van der Waals surface area (Å²) in [6.07, 6.45) is 5.65. The normalized spacial score (nSPS) is 14.5. The molecule has 0 fully saturated rings. The summed E-state index contributed by atoms with van der Waals surface area (Å²) in [5.74, 6) is -0.212. The van der Waals surface area contributed by atoms with Crippen LogP contribution in [0.1, 0.15) is 66.4 Å². The standard InChI is InChI=1S/C27H45NO5Si/c1-26(2,3)32-25(30)28-22(20-21-16-12-10-13-17-21)23(33-34(8,9)27(4,5)6)18-14-11-15-19-24(29)31-7/h10,12-14,16-18,22-23H,11,15,19-20H2,1-9H3,(H,28,30)/t22-,23+/m0/s1. The first-order valence-corrected chi connectivity index (χ1v) is 15.0. The van der Waals surface area contributed by atoms with E-state index in [2.05, 4.69) is 39.2 Å². The molecular formula is C27H45NO5Si. The Morgan fingerprint density at radius 3 is 2.21 bits per heavy atom. The fourth-order valence-electron chi connectivity index (χ4n) is 3.05. The molecule has 0 radical (unpaired) electrons. The Morgan fingerprint density at radius 2 is 1.68 bits per heavy atom. The smallest absolute Gasteiger partial charge is 0.407 e. The summed E-state index contributed by atoms with van der Waals surface area (Å²) in [5, 5.41) is 3.08. The zero-order valence-corrected chi connectivity index (χ0v) is 23.6. The minimum absolute atomic E-state index is 0.00713. The van der Waals surface area contributed by atoms with Crippen molar-refractivity contribution >= 4 is 20.4 Å². The van der Waals surface area contributed by atoms with E-state index in [0.717, 1.165) is 12.0 Å². The molecule has 192 valence electrons. The minimum Gasteiger partial charge on any atom is -0.469 e. The summed E-state index contributed by atoms with van der Waals surface area (Å²) in [5.41, 5.74) is 0.507. The number of benzene rings is 1. The second kappa shape index (κ2) is 13.1. The number of esters is 1. The number of ether oxygens (including phenoxy) is 2. The molecular weight excluding hydrogens is 446 g/mol. The number of carbonyl (C=O) groups is 2. The molecule has 0 heterocycles. The van der Waals surface area contributed by atoms with Gasteiger partial charge in [0.25, 0.3) is 0 Å². The van der Waals surface area contributed by atoms with Gasteiger partial charge in [0, 0.05) is 6.42 Å². The van der Waals surface area contributed by atoms with E-state index >= 15 is 0 Å². The predicted octanol–water partition coefficient (Wildman–Crippen LogP) is 6.41. The van der Waals surface area contributed by atoms with Gasteiger partial charge < -0.3 is 19.2 Å². The lowest BCUT2D eigenvalue weighted by Crippen LogP contribution is -2.52. The van der Waals surface area contributed by atoms with Crippen molar-refractivity contribution in [1.29, 1.82) is 0 Å². The molecule has 0 aliphatic heterocycles. The van der Waals surface area contributed by atoms with Gasteiger partial charge in [-0.05, 0) is 63.7 Å². The fourth-order valence-corrected chi connectivity index (χ4v) is 4.32. The highest BCUT2D eigenvalue weighted by Crippen LogP contribution is 2.38. The molecule has 1 amide bonds. The van der Waals surface area contributed by atoms with Crippen LogP contribution in [0, 0.1) is 0 Å². The molecule has 1 rings (SSSR count). The van der Waals surface area contributed by atoms with Gasteiger partial charge in [-0.2, -0.15) is 0 Å². The van der Waals surface area contributed by atoms with Crippen LogP contribution in [0.25, 0.3) is 0 Å². The molecule has 0 bridgehead atoms. The molecule has 0 aliphatic rings. The fraction of sp³-hybridized carbons (Fsp3) is 0.630. The van der Waals surface area contributed by atoms with Gasteiger partial charge in [0.15, 0.2) is 8.32 Å². The van der Waals surface area contributed by atoms with Crippen LogP contribution in [0.15, 0.2) is 42.5 Å². The Labute approximate surface area is 207 Å². The van der Waals surface area contributed by atoms with Crippen LogP contribution in [-0.4, -0.2) is 45.2 Å². The first-order chi connectivity index (χ1) is 15.6. The largest absolute Gasteiger partial charge is 0.469 e. The van der Waals surface area contributed by atoms with Gasteiger partial charge in [0.05, 0.1) is 19.3 Å². The molecule has 0 aromatic heterocycles. The predicted molar refractivity (Wildman–Crippen MR) is 140 cm³/mol.